The van der Waals surface area contributed by atoms with E-state index in [-0.39, 0.29) is 18.9 Å². The van der Waals surface area contributed by atoms with Crippen LogP contribution in [0, 0.1) is 0 Å². The van der Waals surface area contributed by atoms with Crippen LogP contribution < -0.4 is 5.32 Å². The number of carbonyl (C=O) groups excluding carboxylic acids is 1. The zero-order valence-electron chi connectivity index (χ0n) is 50.6. The second-order valence-corrected chi connectivity index (χ2v) is 23.2. The molecule has 12 atom stereocenters. The molecule has 2 rings (SSSR count). The summed E-state index contributed by atoms with van der Waals surface area (Å²) in [6.07, 6.45) is 49.0. The zero-order chi connectivity index (χ0) is 58.1. The van der Waals surface area contributed by atoms with Gasteiger partial charge in [0.25, 0.3) is 0 Å². The predicted octanol–water partition coefficient (Wildman–Crippen LogP) is 12.3. The van der Waals surface area contributed by atoms with E-state index in [0.29, 0.717) is 12.8 Å². The molecule has 80 heavy (non-hydrogen) atoms. The number of ether oxygens (including phenoxy) is 4. The summed E-state index contributed by atoms with van der Waals surface area (Å²) in [7, 11) is 0. The van der Waals surface area contributed by atoms with E-state index in [1.807, 2.05) is 6.08 Å². The average molecular weight is 1140 g/mol. The molecule has 0 radical (unpaired) electrons. The van der Waals surface area contributed by atoms with Crippen LogP contribution in [0.25, 0.3) is 0 Å². The van der Waals surface area contributed by atoms with E-state index < -0.39 is 86.8 Å². The number of amides is 1. The highest BCUT2D eigenvalue weighted by atomic mass is 16.7. The van der Waals surface area contributed by atoms with E-state index >= 15 is 0 Å². The molecule has 0 spiro atoms. The minimum absolute atomic E-state index is 0.256. The third-order valence-corrected chi connectivity index (χ3v) is 16.0. The molecule has 0 aromatic heterocycles. The van der Waals surface area contributed by atoms with Crippen LogP contribution in [0.4, 0.5) is 0 Å². The maximum absolute atomic E-state index is 13.2. The van der Waals surface area contributed by atoms with Gasteiger partial charge < -0.3 is 65.1 Å². The molecular formula is C66H121NO13. The molecule has 2 aliphatic rings. The van der Waals surface area contributed by atoms with Gasteiger partial charge in [-0.05, 0) is 57.8 Å². The van der Waals surface area contributed by atoms with Crippen molar-refractivity contribution in [2.75, 3.05) is 19.8 Å². The lowest BCUT2D eigenvalue weighted by Gasteiger charge is -2.46. The van der Waals surface area contributed by atoms with Gasteiger partial charge >= 0.3 is 0 Å². The first-order valence-corrected chi connectivity index (χ1v) is 32.9. The minimum Gasteiger partial charge on any atom is -0.394 e. The van der Waals surface area contributed by atoms with Crippen molar-refractivity contribution in [3.63, 3.8) is 0 Å². The Kier molecular flexibility index (Phi) is 47.6. The van der Waals surface area contributed by atoms with Gasteiger partial charge in [0.1, 0.15) is 48.8 Å². The maximum atomic E-state index is 13.2. The monoisotopic (exact) mass is 1140 g/mol. The first-order chi connectivity index (χ1) is 39.1. The highest BCUT2D eigenvalue weighted by molar-refractivity contribution is 5.76. The van der Waals surface area contributed by atoms with Gasteiger partial charge in [0, 0.05) is 6.42 Å². The Morgan fingerprint density at radius 1 is 0.450 bits per heavy atom. The van der Waals surface area contributed by atoms with Gasteiger partial charge in [0.05, 0.1) is 32.0 Å². The first kappa shape index (κ1) is 74.1. The summed E-state index contributed by atoms with van der Waals surface area (Å²) in [5.74, 6) is -0.263. The van der Waals surface area contributed by atoms with E-state index in [0.717, 1.165) is 57.8 Å². The fourth-order valence-corrected chi connectivity index (χ4v) is 10.7. The lowest BCUT2D eigenvalue weighted by atomic mass is 9.97. The Morgan fingerprint density at radius 3 is 1.34 bits per heavy atom. The molecule has 0 aromatic rings. The highest BCUT2D eigenvalue weighted by Gasteiger charge is 2.51. The van der Waals surface area contributed by atoms with E-state index in [9.17, 15) is 45.6 Å². The SMILES string of the molecule is CCCC/C=C\C/C=C\CCCCCCCC(=O)NC(COC1OC(CO)C(OC2OC(CO)C(O)C(O)C2O)C(O)C1O)C(O)/C=C/CC/C=C/CCCCCCCCCCCCCCCCCCCCCCCCCCCC. The van der Waals surface area contributed by atoms with Crippen LogP contribution in [0.15, 0.2) is 48.6 Å². The molecule has 14 nitrogen and oxygen atoms in total. The number of aliphatic hydroxyl groups is 8. The molecule has 12 unspecified atom stereocenters. The van der Waals surface area contributed by atoms with Crippen molar-refractivity contribution in [1.82, 2.24) is 5.32 Å². The third-order valence-electron chi connectivity index (χ3n) is 16.0. The molecule has 0 saturated carbocycles. The van der Waals surface area contributed by atoms with Crippen molar-refractivity contribution >= 4 is 5.91 Å². The molecule has 2 saturated heterocycles. The quantitative estimate of drug-likeness (QED) is 0.0204. The number of hydrogen-bond donors (Lipinski definition) is 9. The number of rotatable bonds is 53. The summed E-state index contributed by atoms with van der Waals surface area (Å²) in [6, 6.07) is -0.940. The van der Waals surface area contributed by atoms with Crippen LogP contribution in [0.5, 0.6) is 0 Å². The zero-order valence-corrected chi connectivity index (χ0v) is 50.6. The Bertz CT molecular complexity index is 1530. The normalized spacial score (nSPS) is 24.5. The topological polar surface area (TPSA) is 228 Å². The predicted molar refractivity (Wildman–Crippen MR) is 323 cm³/mol. The lowest BCUT2D eigenvalue weighted by molar-refractivity contribution is -0.359. The number of carbonyl (C=O) groups is 1. The summed E-state index contributed by atoms with van der Waals surface area (Å²) in [5.41, 5.74) is 0. The average Bonchev–Trinajstić information content (AvgIpc) is 3.46. The van der Waals surface area contributed by atoms with Crippen LogP contribution in [0.2, 0.25) is 0 Å². The van der Waals surface area contributed by atoms with Crippen molar-refractivity contribution in [3.8, 4) is 0 Å². The van der Waals surface area contributed by atoms with Gasteiger partial charge in [-0.25, -0.2) is 0 Å². The number of unbranched alkanes of at least 4 members (excludes halogenated alkanes) is 34. The van der Waals surface area contributed by atoms with Crippen molar-refractivity contribution < 1.29 is 64.6 Å². The van der Waals surface area contributed by atoms with Gasteiger partial charge in [0.2, 0.25) is 5.91 Å². The summed E-state index contributed by atoms with van der Waals surface area (Å²) < 4.78 is 22.8. The Balaban J connectivity index is 1.68. The standard InChI is InChI=1S/C66H121NO13/c1-3-5-7-9-11-13-15-17-19-20-21-22-23-24-25-26-27-28-29-30-31-32-33-34-35-36-37-39-41-43-45-47-49-55(70)54(67-58(71)50-48-46-44-42-40-38-18-16-14-12-10-8-6-4-2)53-77-65-63(76)61(74)64(57(52-69)79-65)80-66-62(75)60(73)59(72)56(51-68)78-66/h10,12,16,18,39,41,47,49,54-57,59-66,68-70,72-76H,3-9,11,13-15,17,19-38,40,42-46,48,50-53H2,1-2H3,(H,67,71)/b12-10-,18-16-,41-39+,49-47+. The van der Waals surface area contributed by atoms with E-state index in [2.05, 4.69) is 55.6 Å². The van der Waals surface area contributed by atoms with Crippen LogP contribution in [-0.4, -0.2) is 140 Å². The smallest absolute Gasteiger partial charge is 0.220 e. The summed E-state index contributed by atoms with van der Waals surface area (Å²) >= 11 is 0. The fourth-order valence-electron chi connectivity index (χ4n) is 10.7. The summed E-state index contributed by atoms with van der Waals surface area (Å²) in [5, 5.41) is 87.1. The lowest BCUT2D eigenvalue weighted by Crippen LogP contribution is -2.65. The summed E-state index contributed by atoms with van der Waals surface area (Å²) in [6.45, 7) is 2.74. The van der Waals surface area contributed by atoms with Crippen molar-refractivity contribution in [2.24, 2.45) is 0 Å². The molecule has 468 valence electrons. The van der Waals surface area contributed by atoms with E-state index in [1.165, 1.54) is 180 Å². The van der Waals surface area contributed by atoms with Gasteiger partial charge in [-0.15, -0.1) is 0 Å². The summed E-state index contributed by atoms with van der Waals surface area (Å²) in [4.78, 5) is 13.2. The minimum atomic E-state index is -1.79. The molecule has 0 aliphatic carbocycles. The van der Waals surface area contributed by atoms with Crippen LogP contribution in [-0.2, 0) is 23.7 Å². The third kappa shape index (κ3) is 35.9. The first-order valence-electron chi connectivity index (χ1n) is 32.9. The molecule has 2 aliphatic heterocycles. The largest absolute Gasteiger partial charge is 0.394 e. The number of allylic oxidation sites excluding steroid dienone is 7. The number of nitrogens with one attached hydrogen (secondary N) is 1. The fraction of sp³-hybridized carbons (Fsp3) is 0.864. The van der Waals surface area contributed by atoms with Gasteiger partial charge in [-0.3, -0.25) is 4.79 Å². The van der Waals surface area contributed by atoms with Crippen molar-refractivity contribution in [3.05, 3.63) is 48.6 Å². The number of aliphatic hydroxyl groups excluding tert-OH is 8. The van der Waals surface area contributed by atoms with Gasteiger partial charge in [-0.2, -0.15) is 0 Å². The second-order valence-electron chi connectivity index (χ2n) is 23.2. The Morgan fingerprint density at radius 2 is 0.850 bits per heavy atom. The molecular weight excluding hydrogens is 1010 g/mol. The van der Waals surface area contributed by atoms with Crippen LogP contribution >= 0.6 is 0 Å². The molecule has 0 bridgehead atoms. The van der Waals surface area contributed by atoms with Crippen molar-refractivity contribution in [1.29, 1.82) is 0 Å². The Labute approximate surface area is 486 Å². The van der Waals surface area contributed by atoms with Crippen molar-refractivity contribution in [2.45, 2.75) is 344 Å². The molecule has 1 amide bonds. The molecule has 0 aromatic carbocycles. The van der Waals surface area contributed by atoms with E-state index in [4.69, 9.17) is 18.9 Å². The molecule has 2 fully saturated rings. The van der Waals surface area contributed by atoms with Crippen LogP contribution in [0.1, 0.15) is 271 Å². The molecule has 9 N–H and O–H groups in total. The van der Waals surface area contributed by atoms with Gasteiger partial charge in [0.15, 0.2) is 12.6 Å². The Hall–Kier alpha value is -2.05. The highest BCUT2D eigenvalue weighted by Crippen LogP contribution is 2.30. The van der Waals surface area contributed by atoms with Gasteiger partial charge in [-0.1, -0.05) is 255 Å². The second kappa shape index (κ2) is 51.4. The maximum Gasteiger partial charge on any atom is 0.220 e. The molecule has 14 heteroatoms. The molecule has 2 heterocycles. The van der Waals surface area contributed by atoms with E-state index in [1.54, 1.807) is 6.08 Å². The number of hydrogen-bond acceptors (Lipinski definition) is 13. The van der Waals surface area contributed by atoms with Crippen LogP contribution in [0.3, 0.4) is 0 Å².